The first-order chi connectivity index (χ1) is 10.9. The van der Waals surface area contributed by atoms with Gasteiger partial charge in [0.15, 0.2) is 0 Å². The number of halogens is 1. The predicted octanol–water partition coefficient (Wildman–Crippen LogP) is 2.89. The lowest BCUT2D eigenvalue weighted by Gasteiger charge is -2.34. The fourth-order valence-electron chi connectivity index (χ4n) is 4.00. The summed E-state index contributed by atoms with van der Waals surface area (Å²) in [5.74, 6) is -1.46. The van der Waals surface area contributed by atoms with Crippen LogP contribution in [0, 0.1) is 5.41 Å². The SMILES string of the molecule is CCCC[C@@H](F)CCC(=O)C12CCCC1(C(=O)OC)OC(=O)C2. The number of esters is 2. The highest BCUT2D eigenvalue weighted by Crippen LogP contribution is 2.57. The van der Waals surface area contributed by atoms with Crippen molar-refractivity contribution < 1.29 is 28.2 Å². The number of methoxy groups -OCH3 is 1. The molecule has 2 rings (SSSR count). The standard InChI is InChI=1S/C17H25FO5/c1-3-4-6-12(18)7-8-13(19)16-9-5-10-17(16,15(21)22-2)23-14(20)11-16/h12H,3-11H2,1-2H3/t12-,16?,17?/m1/s1. The van der Waals surface area contributed by atoms with Gasteiger partial charge in [0.2, 0.25) is 5.60 Å². The highest BCUT2D eigenvalue weighted by molar-refractivity contribution is 6.01. The lowest BCUT2D eigenvalue weighted by atomic mass is 9.69. The molecule has 1 aliphatic heterocycles. The number of alkyl halides is 1. The minimum Gasteiger partial charge on any atom is -0.466 e. The molecule has 0 spiro atoms. The number of ketones is 1. The second-order valence-corrected chi connectivity index (χ2v) is 6.61. The molecule has 23 heavy (non-hydrogen) atoms. The minimum absolute atomic E-state index is 0.0280. The molecule has 0 radical (unpaired) electrons. The molecule has 130 valence electrons. The lowest BCUT2D eigenvalue weighted by molar-refractivity contribution is -0.179. The van der Waals surface area contributed by atoms with Crippen molar-refractivity contribution in [1.29, 1.82) is 0 Å². The van der Waals surface area contributed by atoms with E-state index in [1.807, 2.05) is 6.92 Å². The number of unbranched alkanes of at least 4 members (excludes halogenated alkanes) is 1. The molecule has 0 N–H and O–H groups in total. The number of hydrogen-bond donors (Lipinski definition) is 0. The van der Waals surface area contributed by atoms with Gasteiger partial charge in [0.25, 0.3) is 0 Å². The van der Waals surface area contributed by atoms with Crippen molar-refractivity contribution in [1.82, 2.24) is 0 Å². The van der Waals surface area contributed by atoms with Crippen molar-refractivity contribution >= 4 is 17.7 Å². The van der Waals surface area contributed by atoms with Gasteiger partial charge in [0.05, 0.1) is 18.9 Å². The maximum Gasteiger partial charge on any atom is 0.351 e. The fraction of sp³-hybridized carbons (Fsp3) is 0.824. The Morgan fingerprint density at radius 2 is 2.09 bits per heavy atom. The third-order valence-corrected chi connectivity index (χ3v) is 5.24. The van der Waals surface area contributed by atoms with E-state index in [0.29, 0.717) is 25.7 Å². The first-order valence-electron chi connectivity index (χ1n) is 8.39. The summed E-state index contributed by atoms with van der Waals surface area (Å²) < 4.78 is 23.9. The van der Waals surface area contributed by atoms with Crippen LogP contribution in [0.2, 0.25) is 0 Å². The quantitative estimate of drug-likeness (QED) is 0.641. The zero-order chi connectivity index (χ0) is 17.1. The van der Waals surface area contributed by atoms with Gasteiger partial charge >= 0.3 is 11.9 Å². The van der Waals surface area contributed by atoms with Gasteiger partial charge in [-0.25, -0.2) is 9.18 Å². The maximum absolute atomic E-state index is 13.8. The summed E-state index contributed by atoms with van der Waals surface area (Å²) in [5.41, 5.74) is -2.66. The van der Waals surface area contributed by atoms with Gasteiger partial charge in [-0.15, -0.1) is 0 Å². The van der Waals surface area contributed by atoms with Crippen molar-refractivity contribution in [2.24, 2.45) is 5.41 Å². The van der Waals surface area contributed by atoms with E-state index in [-0.39, 0.29) is 25.0 Å². The zero-order valence-corrected chi connectivity index (χ0v) is 13.9. The van der Waals surface area contributed by atoms with Crippen molar-refractivity contribution in [3.8, 4) is 0 Å². The highest BCUT2D eigenvalue weighted by Gasteiger charge is 2.71. The molecule has 2 fully saturated rings. The van der Waals surface area contributed by atoms with E-state index in [4.69, 9.17) is 9.47 Å². The monoisotopic (exact) mass is 328 g/mol. The second-order valence-electron chi connectivity index (χ2n) is 6.61. The number of hydrogen-bond acceptors (Lipinski definition) is 5. The van der Waals surface area contributed by atoms with Crippen LogP contribution in [0.3, 0.4) is 0 Å². The van der Waals surface area contributed by atoms with Crippen molar-refractivity contribution in [2.45, 2.75) is 76.5 Å². The van der Waals surface area contributed by atoms with Crippen LogP contribution in [-0.2, 0) is 23.9 Å². The fourth-order valence-corrected chi connectivity index (χ4v) is 4.00. The highest BCUT2D eigenvalue weighted by atomic mass is 19.1. The molecule has 6 heteroatoms. The van der Waals surface area contributed by atoms with E-state index in [9.17, 15) is 18.8 Å². The lowest BCUT2D eigenvalue weighted by Crippen LogP contribution is -2.52. The average molecular weight is 328 g/mol. The topological polar surface area (TPSA) is 69.7 Å². The smallest absolute Gasteiger partial charge is 0.351 e. The molecule has 0 bridgehead atoms. The molecular formula is C17H25FO5. The van der Waals surface area contributed by atoms with Crippen molar-refractivity contribution in [2.75, 3.05) is 7.11 Å². The number of Topliss-reactive ketones (excluding diaryl/α,β-unsaturated/α-hetero) is 1. The summed E-state index contributed by atoms with van der Waals surface area (Å²) in [6.45, 7) is 1.99. The van der Waals surface area contributed by atoms with Gasteiger partial charge in [-0.3, -0.25) is 9.59 Å². The van der Waals surface area contributed by atoms with E-state index < -0.39 is 29.1 Å². The van der Waals surface area contributed by atoms with Gasteiger partial charge in [-0.1, -0.05) is 19.8 Å². The van der Waals surface area contributed by atoms with Gasteiger partial charge in [-0.2, -0.15) is 0 Å². The largest absolute Gasteiger partial charge is 0.466 e. The Hall–Kier alpha value is -1.46. The summed E-state index contributed by atoms with van der Waals surface area (Å²) in [5, 5.41) is 0. The molecule has 0 amide bonds. The van der Waals surface area contributed by atoms with Crippen LogP contribution < -0.4 is 0 Å². The van der Waals surface area contributed by atoms with Gasteiger partial charge in [0, 0.05) is 6.42 Å². The van der Waals surface area contributed by atoms with Crippen LogP contribution in [0.5, 0.6) is 0 Å². The maximum atomic E-state index is 13.8. The number of carbonyl (C=O) groups excluding carboxylic acids is 3. The Bertz CT molecular complexity index is 491. The number of fused-ring (bicyclic) bond motifs is 1. The molecular weight excluding hydrogens is 303 g/mol. The van der Waals surface area contributed by atoms with Crippen LogP contribution in [0.4, 0.5) is 4.39 Å². The minimum atomic E-state index is -1.49. The molecule has 5 nitrogen and oxygen atoms in total. The molecule has 1 heterocycles. The zero-order valence-electron chi connectivity index (χ0n) is 13.9. The van der Waals surface area contributed by atoms with Crippen molar-refractivity contribution in [3.63, 3.8) is 0 Å². The molecule has 3 atom stereocenters. The summed E-state index contributed by atoms with van der Waals surface area (Å²) in [7, 11) is 1.22. The van der Waals surface area contributed by atoms with Crippen LogP contribution in [0.1, 0.15) is 64.7 Å². The molecule has 0 aromatic rings. The van der Waals surface area contributed by atoms with Crippen LogP contribution in [0.25, 0.3) is 0 Å². The normalized spacial score (nSPS) is 30.7. The summed E-state index contributed by atoms with van der Waals surface area (Å²) in [6.07, 6.45) is 2.49. The van der Waals surface area contributed by atoms with E-state index in [1.165, 1.54) is 7.11 Å². The molecule has 1 saturated carbocycles. The predicted molar refractivity (Wildman–Crippen MR) is 80.4 cm³/mol. The third kappa shape index (κ3) is 3.00. The van der Waals surface area contributed by atoms with Gasteiger partial charge in [0.1, 0.15) is 12.0 Å². The van der Waals surface area contributed by atoms with Gasteiger partial charge < -0.3 is 9.47 Å². The van der Waals surface area contributed by atoms with Gasteiger partial charge in [-0.05, 0) is 32.1 Å². The number of rotatable bonds is 8. The Labute approximate surface area is 135 Å². The summed E-state index contributed by atoms with van der Waals surface area (Å²) in [4.78, 5) is 36.8. The van der Waals surface area contributed by atoms with Crippen LogP contribution in [-0.4, -0.2) is 36.6 Å². The third-order valence-electron chi connectivity index (χ3n) is 5.24. The Morgan fingerprint density at radius 1 is 1.35 bits per heavy atom. The molecule has 1 saturated heterocycles. The number of ether oxygens (including phenoxy) is 2. The summed E-state index contributed by atoms with van der Waals surface area (Å²) in [6, 6.07) is 0. The van der Waals surface area contributed by atoms with E-state index in [0.717, 1.165) is 12.8 Å². The Morgan fingerprint density at radius 3 is 2.74 bits per heavy atom. The van der Waals surface area contributed by atoms with E-state index in [2.05, 4.69) is 0 Å². The van der Waals surface area contributed by atoms with Crippen LogP contribution in [0.15, 0.2) is 0 Å². The second kappa shape index (κ2) is 6.97. The first kappa shape index (κ1) is 17.9. The molecule has 1 aliphatic carbocycles. The first-order valence-corrected chi connectivity index (χ1v) is 8.39. The average Bonchev–Trinajstić information content (AvgIpc) is 3.02. The Balaban J connectivity index is 2.13. The number of carbonyl (C=O) groups is 3. The van der Waals surface area contributed by atoms with E-state index in [1.54, 1.807) is 0 Å². The van der Waals surface area contributed by atoms with Crippen LogP contribution >= 0.6 is 0 Å². The van der Waals surface area contributed by atoms with Crippen molar-refractivity contribution in [3.05, 3.63) is 0 Å². The molecule has 0 aromatic heterocycles. The molecule has 2 unspecified atom stereocenters. The summed E-state index contributed by atoms with van der Waals surface area (Å²) >= 11 is 0. The molecule has 0 aromatic carbocycles. The van der Waals surface area contributed by atoms with E-state index >= 15 is 0 Å². The molecule has 2 aliphatic rings. The Kier molecular flexibility index (Phi) is 5.42.